The molecule has 2 atom stereocenters. The van der Waals surface area contributed by atoms with Crippen LogP contribution in [-0.4, -0.2) is 36.7 Å². The lowest BCUT2D eigenvalue weighted by Gasteiger charge is -2.34. The van der Waals surface area contributed by atoms with E-state index in [1.807, 2.05) is 11.8 Å². The van der Waals surface area contributed by atoms with Gasteiger partial charge in [0.15, 0.2) is 0 Å². The lowest BCUT2D eigenvalue weighted by Crippen LogP contribution is -2.52. The van der Waals surface area contributed by atoms with Crippen LogP contribution in [0.15, 0.2) is 24.3 Å². The highest BCUT2D eigenvalue weighted by Crippen LogP contribution is 2.41. The van der Waals surface area contributed by atoms with E-state index in [-0.39, 0.29) is 18.1 Å². The van der Waals surface area contributed by atoms with E-state index in [2.05, 4.69) is 36.5 Å². The normalized spacial score (nSPS) is 23.7. The molecule has 2 amide bonds. The van der Waals surface area contributed by atoms with Gasteiger partial charge >= 0.3 is 6.03 Å². The Morgan fingerprint density at radius 3 is 2.67 bits per heavy atom. The number of morpholine rings is 1. The molecular weight excluding hydrogens is 264 g/mol. The number of hydrogen-bond donors (Lipinski definition) is 1. The number of nitrogens with zero attached hydrogens (tertiary/aromatic N) is 1. The third-order valence-corrected chi connectivity index (χ3v) is 4.44. The predicted molar refractivity (Wildman–Crippen MR) is 82.2 cm³/mol. The zero-order chi connectivity index (χ0) is 14.8. The van der Waals surface area contributed by atoms with Crippen LogP contribution < -0.4 is 5.32 Å². The van der Waals surface area contributed by atoms with Gasteiger partial charge in [-0.25, -0.2) is 4.79 Å². The molecule has 0 radical (unpaired) electrons. The van der Waals surface area contributed by atoms with Gasteiger partial charge in [0.25, 0.3) is 0 Å². The maximum absolute atomic E-state index is 12.6. The van der Waals surface area contributed by atoms with Crippen molar-refractivity contribution in [2.45, 2.75) is 38.8 Å². The summed E-state index contributed by atoms with van der Waals surface area (Å²) in [5.41, 5.74) is 2.47. The van der Waals surface area contributed by atoms with Crippen molar-refractivity contribution in [3.05, 3.63) is 35.4 Å². The minimum atomic E-state index is 0.0447. The number of carbonyl (C=O) groups is 1. The summed E-state index contributed by atoms with van der Waals surface area (Å²) in [5.74, 6) is 0.591. The second kappa shape index (κ2) is 6.06. The number of urea groups is 1. The lowest BCUT2D eigenvalue weighted by atomic mass is 10.0. The summed E-state index contributed by atoms with van der Waals surface area (Å²) >= 11 is 0. The van der Waals surface area contributed by atoms with Gasteiger partial charge in [-0.2, -0.15) is 0 Å². The summed E-state index contributed by atoms with van der Waals surface area (Å²) in [4.78, 5) is 14.4. The number of amides is 2. The van der Waals surface area contributed by atoms with Crippen LogP contribution in [0.1, 0.15) is 36.9 Å². The Labute approximate surface area is 126 Å². The van der Waals surface area contributed by atoms with E-state index in [1.165, 1.54) is 24.0 Å². The van der Waals surface area contributed by atoms with Gasteiger partial charge < -0.3 is 15.0 Å². The molecule has 4 nitrogen and oxygen atoms in total. The van der Waals surface area contributed by atoms with E-state index in [9.17, 15) is 4.79 Å². The molecule has 1 saturated carbocycles. The van der Waals surface area contributed by atoms with Crippen LogP contribution in [0.25, 0.3) is 0 Å². The molecule has 1 heterocycles. The van der Waals surface area contributed by atoms with E-state index in [4.69, 9.17) is 4.74 Å². The van der Waals surface area contributed by atoms with Crippen molar-refractivity contribution in [3.63, 3.8) is 0 Å². The van der Waals surface area contributed by atoms with Crippen LogP contribution in [0.2, 0.25) is 0 Å². The zero-order valence-electron chi connectivity index (χ0n) is 12.8. The average molecular weight is 288 g/mol. The maximum atomic E-state index is 12.6. The van der Waals surface area contributed by atoms with E-state index in [0.29, 0.717) is 25.7 Å². The van der Waals surface area contributed by atoms with E-state index >= 15 is 0 Å². The standard InChI is InChI=1S/C17H24N2O2/c1-12-3-5-14(6-4-12)16(15-7-8-15)18-17(20)19-9-10-21-11-13(19)2/h3-6,13,15-16H,7-11H2,1-2H3,(H,18,20)/t13-,16-/m1/s1. The van der Waals surface area contributed by atoms with Crippen LogP contribution in [0.4, 0.5) is 4.79 Å². The first-order valence-electron chi connectivity index (χ1n) is 7.86. The van der Waals surface area contributed by atoms with Crippen LogP contribution in [0.5, 0.6) is 0 Å². The number of hydrogen-bond acceptors (Lipinski definition) is 2. The maximum Gasteiger partial charge on any atom is 0.318 e. The Kier molecular flexibility index (Phi) is 4.15. The van der Waals surface area contributed by atoms with Crippen LogP contribution in [0.3, 0.4) is 0 Å². The Hall–Kier alpha value is -1.55. The minimum Gasteiger partial charge on any atom is -0.377 e. The van der Waals surface area contributed by atoms with E-state index < -0.39 is 0 Å². The molecular formula is C17H24N2O2. The molecule has 21 heavy (non-hydrogen) atoms. The number of aryl methyl sites for hydroxylation is 1. The monoisotopic (exact) mass is 288 g/mol. The molecule has 0 spiro atoms. The third-order valence-electron chi connectivity index (χ3n) is 4.44. The first kappa shape index (κ1) is 14.4. The van der Waals surface area contributed by atoms with Crippen LogP contribution >= 0.6 is 0 Å². The van der Waals surface area contributed by atoms with Gasteiger partial charge in [0.2, 0.25) is 0 Å². The summed E-state index contributed by atoms with van der Waals surface area (Å²) in [6.07, 6.45) is 2.41. The van der Waals surface area contributed by atoms with Gasteiger partial charge in [0, 0.05) is 6.54 Å². The highest BCUT2D eigenvalue weighted by molar-refractivity contribution is 5.75. The Bertz CT molecular complexity index is 496. The molecule has 0 bridgehead atoms. The van der Waals surface area contributed by atoms with Crippen molar-refractivity contribution in [1.29, 1.82) is 0 Å². The van der Waals surface area contributed by atoms with Crippen molar-refractivity contribution in [2.75, 3.05) is 19.8 Å². The number of nitrogens with one attached hydrogen (secondary N) is 1. The zero-order valence-corrected chi connectivity index (χ0v) is 12.8. The number of benzene rings is 1. The van der Waals surface area contributed by atoms with E-state index in [0.717, 1.165) is 0 Å². The molecule has 3 rings (SSSR count). The topological polar surface area (TPSA) is 41.6 Å². The van der Waals surface area contributed by atoms with Crippen LogP contribution in [0, 0.1) is 12.8 Å². The molecule has 1 aromatic carbocycles. The van der Waals surface area contributed by atoms with Gasteiger partial charge in [-0.15, -0.1) is 0 Å². The number of carbonyl (C=O) groups excluding carboxylic acids is 1. The average Bonchev–Trinajstić information content (AvgIpc) is 3.31. The quantitative estimate of drug-likeness (QED) is 0.929. The van der Waals surface area contributed by atoms with Gasteiger partial charge in [-0.3, -0.25) is 0 Å². The molecule has 0 aromatic heterocycles. The highest BCUT2D eigenvalue weighted by Gasteiger charge is 2.35. The summed E-state index contributed by atoms with van der Waals surface area (Å²) in [6, 6.07) is 8.86. The van der Waals surface area contributed by atoms with Gasteiger partial charge in [-0.1, -0.05) is 29.8 Å². The Morgan fingerprint density at radius 2 is 2.05 bits per heavy atom. The number of ether oxygens (including phenoxy) is 1. The molecule has 1 N–H and O–H groups in total. The fraction of sp³-hybridized carbons (Fsp3) is 0.588. The van der Waals surface area contributed by atoms with Gasteiger partial charge in [0.1, 0.15) is 0 Å². The predicted octanol–water partition coefficient (Wildman–Crippen LogP) is 2.88. The highest BCUT2D eigenvalue weighted by atomic mass is 16.5. The molecule has 1 aliphatic heterocycles. The molecule has 2 fully saturated rings. The molecule has 0 unspecified atom stereocenters. The lowest BCUT2D eigenvalue weighted by molar-refractivity contribution is 0.0182. The van der Waals surface area contributed by atoms with Crippen molar-refractivity contribution >= 4 is 6.03 Å². The summed E-state index contributed by atoms with van der Waals surface area (Å²) < 4.78 is 5.40. The third kappa shape index (κ3) is 3.38. The smallest absolute Gasteiger partial charge is 0.318 e. The Morgan fingerprint density at radius 1 is 1.33 bits per heavy atom. The molecule has 1 aliphatic carbocycles. The molecule has 4 heteroatoms. The van der Waals surface area contributed by atoms with Crippen molar-refractivity contribution < 1.29 is 9.53 Å². The minimum absolute atomic E-state index is 0.0447. The van der Waals surface area contributed by atoms with Crippen molar-refractivity contribution in [2.24, 2.45) is 5.92 Å². The second-order valence-electron chi connectivity index (χ2n) is 6.29. The van der Waals surface area contributed by atoms with Gasteiger partial charge in [0.05, 0.1) is 25.3 Å². The second-order valence-corrected chi connectivity index (χ2v) is 6.29. The fourth-order valence-corrected chi connectivity index (χ4v) is 2.92. The molecule has 1 saturated heterocycles. The van der Waals surface area contributed by atoms with Crippen molar-refractivity contribution in [3.8, 4) is 0 Å². The van der Waals surface area contributed by atoms with E-state index in [1.54, 1.807) is 0 Å². The first-order valence-corrected chi connectivity index (χ1v) is 7.86. The van der Waals surface area contributed by atoms with Crippen LogP contribution in [-0.2, 0) is 4.74 Å². The summed E-state index contributed by atoms with van der Waals surface area (Å²) in [6.45, 7) is 6.07. The largest absolute Gasteiger partial charge is 0.377 e. The SMILES string of the molecule is Cc1ccc([C@@H](NC(=O)N2CCOC[C@H]2C)C2CC2)cc1. The fourth-order valence-electron chi connectivity index (χ4n) is 2.92. The summed E-state index contributed by atoms with van der Waals surface area (Å²) in [7, 11) is 0. The van der Waals surface area contributed by atoms with Gasteiger partial charge in [-0.05, 0) is 38.2 Å². The summed E-state index contributed by atoms with van der Waals surface area (Å²) in [5, 5.41) is 3.25. The molecule has 1 aromatic rings. The molecule has 2 aliphatic rings. The first-order chi connectivity index (χ1) is 10.1. The Balaban J connectivity index is 1.70. The number of rotatable bonds is 3. The molecule has 114 valence electrons. The van der Waals surface area contributed by atoms with Crippen molar-refractivity contribution in [1.82, 2.24) is 10.2 Å².